The van der Waals surface area contributed by atoms with Crippen molar-refractivity contribution in [2.75, 3.05) is 18.4 Å². The SMILES string of the molecule is CCN(CC)S(=O)(=O)c1ccc(/C=C/C(=O)OC(C)C(=O)Nc2ccc(F)c([N+](=O)[O-])c2)cc1. The largest absolute Gasteiger partial charge is 0.449 e. The van der Waals surface area contributed by atoms with E-state index in [-0.39, 0.29) is 10.6 Å². The van der Waals surface area contributed by atoms with Crippen molar-refractivity contribution in [1.29, 1.82) is 0 Å². The Labute approximate surface area is 196 Å². The zero-order valence-corrected chi connectivity index (χ0v) is 19.5. The topological polar surface area (TPSA) is 136 Å². The van der Waals surface area contributed by atoms with Gasteiger partial charge in [-0.05, 0) is 42.8 Å². The molecule has 0 spiro atoms. The maximum Gasteiger partial charge on any atom is 0.331 e. The quantitative estimate of drug-likeness (QED) is 0.232. The number of amides is 1. The molecule has 0 bridgehead atoms. The highest BCUT2D eigenvalue weighted by molar-refractivity contribution is 7.89. The number of nitro groups is 1. The number of hydrogen-bond acceptors (Lipinski definition) is 7. The smallest absolute Gasteiger partial charge is 0.331 e. The molecule has 34 heavy (non-hydrogen) atoms. The van der Waals surface area contributed by atoms with Gasteiger partial charge >= 0.3 is 11.7 Å². The summed E-state index contributed by atoms with van der Waals surface area (Å²) < 4.78 is 44.7. The van der Waals surface area contributed by atoms with Crippen LogP contribution < -0.4 is 5.32 Å². The number of rotatable bonds is 10. The number of anilines is 1. The van der Waals surface area contributed by atoms with Crippen LogP contribution in [0.25, 0.3) is 6.08 Å². The van der Waals surface area contributed by atoms with Gasteiger partial charge in [-0.1, -0.05) is 26.0 Å². The second-order valence-electron chi connectivity index (χ2n) is 6.98. The van der Waals surface area contributed by atoms with Crippen LogP contribution >= 0.6 is 0 Å². The maximum absolute atomic E-state index is 13.4. The lowest BCUT2D eigenvalue weighted by Gasteiger charge is -2.18. The van der Waals surface area contributed by atoms with Gasteiger partial charge in [-0.2, -0.15) is 8.70 Å². The number of benzene rings is 2. The van der Waals surface area contributed by atoms with Crippen molar-refractivity contribution < 1.29 is 32.1 Å². The molecular weight excluding hydrogens is 469 g/mol. The first-order valence-electron chi connectivity index (χ1n) is 10.2. The number of carbonyl (C=O) groups excluding carboxylic acids is 2. The minimum Gasteiger partial charge on any atom is -0.449 e. The summed E-state index contributed by atoms with van der Waals surface area (Å²) in [5.41, 5.74) is -0.302. The Kier molecular flexibility index (Phi) is 8.98. The number of halogens is 1. The van der Waals surface area contributed by atoms with Crippen LogP contribution in [-0.2, 0) is 24.3 Å². The second kappa shape index (κ2) is 11.5. The Morgan fingerprint density at radius 2 is 1.79 bits per heavy atom. The molecule has 0 aromatic heterocycles. The number of nitrogens with one attached hydrogen (secondary N) is 1. The number of esters is 1. The summed E-state index contributed by atoms with van der Waals surface area (Å²) >= 11 is 0. The molecule has 182 valence electrons. The van der Waals surface area contributed by atoms with Crippen LogP contribution in [-0.4, -0.2) is 48.7 Å². The van der Waals surface area contributed by atoms with Crippen molar-refractivity contribution in [2.24, 2.45) is 0 Å². The predicted octanol–water partition coefficient (Wildman–Crippen LogP) is 3.35. The molecule has 2 aromatic carbocycles. The lowest BCUT2D eigenvalue weighted by molar-refractivity contribution is -0.387. The molecule has 0 aliphatic rings. The van der Waals surface area contributed by atoms with Gasteiger partial charge in [0.05, 0.1) is 9.82 Å². The molecule has 0 aliphatic heterocycles. The minimum atomic E-state index is -3.60. The van der Waals surface area contributed by atoms with E-state index >= 15 is 0 Å². The molecule has 12 heteroatoms. The second-order valence-corrected chi connectivity index (χ2v) is 8.92. The molecule has 10 nitrogen and oxygen atoms in total. The van der Waals surface area contributed by atoms with Crippen molar-refractivity contribution >= 4 is 39.4 Å². The summed E-state index contributed by atoms with van der Waals surface area (Å²) in [6, 6.07) is 8.74. The lowest BCUT2D eigenvalue weighted by atomic mass is 10.2. The first-order valence-corrected chi connectivity index (χ1v) is 11.7. The van der Waals surface area contributed by atoms with Crippen molar-refractivity contribution in [3.05, 3.63) is 70.0 Å². The van der Waals surface area contributed by atoms with Gasteiger partial charge in [0.1, 0.15) is 0 Å². The van der Waals surface area contributed by atoms with E-state index in [1.807, 2.05) is 0 Å². The van der Waals surface area contributed by atoms with Crippen molar-refractivity contribution in [1.82, 2.24) is 4.31 Å². The monoisotopic (exact) mass is 493 g/mol. The van der Waals surface area contributed by atoms with Gasteiger partial charge in [0.2, 0.25) is 15.8 Å². The molecule has 0 heterocycles. The van der Waals surface area contributed by atoms with E-state index in [4.69, 9.17) is 4.74 Å². The number of ether oxygens (including phenoxy) is 1. The lowest BCUT2D eigenvalue weighted by Crippen LogP contribution is -2.30. The molecule has 1 unspecified atom stereocenters. The van der Waals surface area contributed by atoms with E-state index in [1.54, 1.807) is 13.8 Å². The van der Waals surface area contributed by atoms with Crippen LogP contribution in [0.1, 0.15) is 26.3 Å². The summed E-state index contributed by atoms with van der Waals surface area (Å²) in [6.45, 7) is 5.47. The van der Waals surface area contributed by atoms with E-state index in [0.29, 0.717) is 18.7 Å². The van der Waals surface area contributed by atoms with E-state index in [2.05, 4.69) is 5.32 Å². The third-order valence-corrected chi connectivity index (χ3v) is 6.77. The van der Waals surface area contributed by atoms with Crippen LogP contribution in [0, 0.1) is 15.9 Å². The molecule has 0 aliphatic carbocycles. The van der Waals surface area contributed by atoms with Crippen molar-refractivity contribution in [3.63, 3.8) is 0 Å². The third-order valence-electron chi connectivity index (χ3n) is 4.71. The molecule has 2 aromatic rings. The van der Waals surface area contributed by atoms with E-state index in [0.717, 1.165) is 24.3 Å². The zero-order chi connectivity index (χ0) is 25.5. The molecule has 1 atom stereocenters. The highest BCUT2D eigenvalue weighted by Crippen LogP contribution is 2.22. The average molecular weight is 494 g/mol. The fraction of sp³-hybridized carbons (Fsp3) is 0.273. The maximum atomic E-state index is 13.4. The van der Waals surface area contributed by atoms with Crippen LogP contribution in [0.15, 0.2) is 53.4 Å². The highest BCUT2D eigenvalue weighted by atomic mass is 32.2. The summed E-state index contributed by atoms with van der Waals surface area (Å²) in [5.74, 6) is -2.66. The summed E-state index contributed by atoms with van der Waals surface area (Å²) in [4.78, 5) is 34.2. The molecule has 0 radical (unpaired) electrons. The van der Waals surface area contributed by atoms with Gasteiger partial charge in [0, 0.05) is 30.9 Å². The molecule has 0 saturated heterocycles. The van der Waals surface area contributed by atoms with Crippen LogP contribution in [0.4, 0.5) is 15.8 Å². The first kappa shape index (κ1) is 26.6. The summed E-state index contributed by atoms with van der Waals surface area (Å²) in [6.07, 6.45) is 1.22. The molecule has 1 N–H and O–H groups in total. The van der Waals surface area contributed by atoms with Crippen molar-refractivity contribution in [2.45, 2.75) is 31.8 Å². The first-order chi connectivity index (χ1) is 16.0. The average Bonchev–Trinajstić information content (AvgIpc) is 2.79. The predicted molar refractivity (Wildman–Crippen MR) is 123 cm³/mol. The number of nitro benzene ring substituents is 1. The van der Waals surface area contributed by atoms with E-state index in [1.165, 1.54) is 41.6 Å². The van der Waals surface area contributed by atoms with Crippen LogP contribution in [0.5, 0.6) is 0 Å². The number of nitrogens with zero attached hydrogens (tertiary/aromatic N) is 2. The van der Waals surface area contributed by atoms with Crippen molar-refractivity contribution in [3.8, 4) is 0 Å². The molecule has 1 amide bonds. The Hall–Kier alpha value is -3.64. The van der Waals surface area contributed by atoms with Gasteiger partial charge in [-0.15, -0.1) is 0 Å². The van der Waals surface area contributed by atoms with E-state index in [9.17, 15) is 32.5 Å². The zero-order valence-electron chi connectivity index (χ0n) is 18.7. The van der Waals surface area contributed by atoms with E-state index < -0.39 is 44.4 Å². The standard InChI is InChI=1S/C22H24FN3O7S/c1-4-25(5-2)34(31,32)18-10-6-16(7-11-18)8-13-21(27)33-15(3)22(28)24-17-9-12-19(23)20(14-17)26(29)30/h6-15H,4-5H2,1-3H3,(H,24,28)/b13-8+. The Morgan fingerprint density at radius 3 is 2.35 bits per heavy atom. The Balaban J connectivity index is 1.98. The molecule has 0 saturated carbocycles. The fourth-order valence-corrected chi connectivity index (χ4v) is 4.33. The molecular formula is C22H24FN3O7S. The summed E-state index contributed by atoms with van der Waals surface area (Å²) in [7, 11) is -3.60. The number of carbonyl (C=O) groups is 2. The normalized spacial score (nSPS) is 12.5. The van der Waals surface area contributed by atoms with Gasteiger partial charge in [-0.25, -0.2) is 13.2 Å². The van der Waals surface area contributed by atoms with Gasteiger partial charge < -0.3 is 10.1 Å². The van der Waals surface area contributed by atoms with Gasteiger partial charge in [0.15, 0.2) is 6.10 Å². The highest BCUT2D eigenvalue weighted by Gasteiger charge is 2.21. The Morgan fingerprint density at radius 1 is 1.18 bits per heavy atom. The number of hydrogen-bond donors (Lipinski definition) is 1. The molecule has 0 fully saturated rings. The van der Waals surface area contributed by atoms with Crippen LogP contribution in [0.2, 0.25) is 0 Å². The fourth-order valence-electron chi connectivity index (χ4n) is 2.87. The third kappa shape index (κ3) is 6.68. The minimum absolute atomic E-state index is 0.0312. The number of sulfonamides is 1. The van der Waals surface area contributed by atoms with Gasteiger partial charge in [0.25, 0.3) is 5.91 Å². The van der Waals surface area contributed by atoms with Crippen LogP contribution in [0.3, 0.4) is 0 Å². The van der Waals surface area contributed by atoms with Gasteiger partial charge in [-0.3, -0.25) is 14.9 Å². The Bertz CT molecular complexity index is 1190. The molecule has 2 rings (SSSR count). The summed E-state index contributed by atoms with van der Waals surface area (Å²) in [5, 5.41) is 13.1.